The van der Waals surface area contributed by atoms with Gasteiger partial charge >= 0.3 is 0 Å². The number of carbonyl (C=O) groups is 2. The highest BCUT2D eigenvalue weighted by atomic mass is 32.2. The molecule has 0 aliphatic heterocycles. The average molecular weight is 395 g/mol. The molecule has 7 nitrogen and oxygen atoms in total. The zero-order valence-electron chi connectivity index (χ0n) is 12.9. The van der Waals surface area contributed by atoms with Crippen molar-refractivity contribution in [3.8, 4) is 0 Å². The number of aromatic nitrogens is 2. The summed E-state index contributed by atoms with van der Waals surface area (Å²) in [6.45, 7) is 0.212. The van der Waals surface area contributed by atoms with E-state index in [-0.39, 0.29) is 30.5 Å². The first-order valence-corrected chi connectivity index (χ1v) is 9.99. The lowest BCUT2D eigenvalue weighted by atomic mass is 10.3. The number of hydrogen-bond donors (Lipinski definition) is 2. The molecule has 2 amide bonds. The van der Waals surface area contributed by atoms with E-state index in [0.717, 1.165) is 10.1 Å². The zero-order valence-corrected chi connectivity index (χ0v) is 15.4. The topological polar surface area (TPSA) is 97.1 Å². The maximum Gasteiger partial charge on any atom is 0.286 e. The second-order valence-electron chi connectivity index (χ2n) is 4.77. The molecule has 0 aromatic carbocycles. The fraction of sp³-hybridized carbons (Fsp3) is 0.200. The van der Waals surface area contributed by atoms with Crippen molar-refractivity contribution in [1.82, 2.24) is 15.5 Å². The number of hydrogen-bond acceptors (Lipinski definition) is 8. The molecule has 0 radical (unpaired) electrons. The van der Waals surface area contributed by atoms with E-state index in [9.17, 15) is 9.59 Å². The van der Waals surface area contributed by atoms with Gasteiger partial charge in [0.15, 0.2) is 10.1 Å². The van der Waals surface area contributed by atoms with Gasteiger partial charge in [-0.15, -0.1) is 21.5 Å². The van der Waals surface area contributed by atoms with Gasteiger partial charge in [0.05, 0.1) is 6.26 Å². The van der Waals surface area contributed by atoms with Gasteiger partial charge in [-0.3, -0.25) is 9.59 Å². The minimum atomic E-state index is -0.346. The molecular weight excluding hydrogens is 380 g/mol. The summed E-state index contributed by atoms with van der Waals surface area (Å²) in [5.74, 6) is 0.475. The molecule has 130 valence electrons. The van der Waals surface area contributed by atoms with Crippen LogP contribution in [0.4, 0.5) is 5.13 Å². The quantitative estimate of drug-likeness (QED) is 0.450. The summed E-state index contributed by atoms with van der Waals surface area (Å²) < 4.78 is 5.77. The second-order valence-corrected chi connectivity index (χ2v) is 8.00. The standard InChI is InChI=1S/C15H14N4O3S3/c20-12(5-6-16-13(21)11-4-1-7-22-11)17-14-18-19-15(25-14)24-9-10-3-2-8-23-10/h1-4,7-8H,5-6,9H2,(H,16,21)(H,17,18,20). The summed E-state index contributed by atoms with van der Waals surface area (Å²) in [4.78, 5) is 24.8. The Kier molecular flexibility index (Phi) is 6.20. The number of thioether (sulfide) groups is 1. The van der Waals surface area contributed by atoms with E-state index in [1.807, 2.05) is 11.4 Å². The van der Waals surface area contributed by atoms with Crippen molar-refractivity contribution in [2.24, 2.45) is 0 Å². The first-order valence-electron chi connectivity index (χ1n) is 7.31. The summed E-state index contributed by atoms with van der Waals surface area (Å²) in [5, 5.41) is 15.8. The first-order chi connectivity index (χ1) is 12.2. The van der Waals surface area contributed by atoms with Gasteiger partial charge in [-0.1, -0.05) is 29.2 Å². The Labute approximate surface area is 155 Å². The van der Waals surface area contributed by atoms with E-state index >= 15 is 0 Å². The predicted octanol–water partition coefficient (Wildman–Crippen LogP) is 3.24. The Bertz CT molecular complexity index is 815. The summed E-state index contributed by atoms with van der Waals surface area (Å²) in [6.07, 6.45) is 1.56. The van der Waals surface area contributed by atoms with Gasteiger partial charge in [0.2, 0.25) is 11.0 Å². The third-order valence-electron chi connectivity index (χ3n) is 2.95. The van der Waals surface area contributed by atoms with Crippen LogP contribution >= 0.6 is 34.4 Å². The summed E-state index contributed by atoms with van der Waals surface area (Å²) >= 11 is 4.61. The number of nitrogens with one attached hydrogen (secondary N) is 2. The molecule has 0 saturated heterocycles. The number of furan rings is 1. The maximum absolute atomic E-state index is 11.9. The van der Waals surface area contributed by atoms with Gasteiger partial charge in [0, 0.05) is 23.6 Å². The van der Waals surface area contributed by atoms with Crippen molar-refractivity contribution in [1.29, 1.82) is 0 Å². The minimum absolute atomic E-state index is 0.143. The first kappa shape index (κ1) is 17.6. The lowest BCUT2D eigenvalue weighted by Crippen LogP contribution is -2.27. The smallest absolute Gasteiger partial charge is 0.286 e. The fourth-order valence-corrected chi connectivity index (χ4v) is 4.35. The number of amides is 2. The molecule has 0 aliphatic rings. The highest BCUT2D eigenvalue weighted by Gasteiger charge is 2.11. The molecule has 0 saturated carbocycles. The Morgan fingerprint density at radius 2 is 2.16 bits per heavy atom. The average Bonchev–Trinajstić information content (AvgIpc) is 3.35. The van der Waals surface area contributed by atoms with E-state index in [1.54, 1.807) is 35.2 Å². The van der Waals surface area contributed by atoms with Gasteiger partial charge in [-0.2, -0.15) is 0 Å². The van der Waals surface area contributed by atoms with Crippen molar-refractivity contribution in [2.45, 2.75) is 16.5 Å². The van der Waals surface area contributed by atoms with Crippen molar-refractivity contribution < 1.29 is 14.0 Å². The van der Waals surface area contributed by atoms with Crippen LogP contribution < -0.4 is 10.6 Å². The summed E-state index contributed by atoms with van der Waals surface area (Å²) in [6, 6.07) is 7.27. The SMILES string of the molecule is O=C(CCNC(=O)c1ccco1)Nc1nnc(SCc2cccs2)s1. The highest BCUT2D eigenvalue weighted by Crippen LogP contribution is 2.29. The largest absolute Gasteiger partial charge is 0.459 e. The monoisotopic (exact) mass is 394 g/mol. The fourth-order valence-electron chi connectivity index (χ4n) is 1.81. The molecule has 0 bridgehead atoms. The molecular formula is C15H14N4O3S3. The third kappa shape index (κ3) is 5.41. The van der Waals surface area contributed by atoms with Crippen molar-refractivity contribution in [2.75, 3.05) is 11.9 Å². The minimum Gasteiger partial charge on any atom is -0.459 e. The molecule has 0 atom stereocenters. The van der Waals surface area contributed by atoms with Gasteiger partial charge < -0.3 is 15.1 Å². The van der Waals surface area contributed by atoms with E-state index in [1.165, 1.54) is 22.5 Å². The van der Waals surface area contributed by atoms with Crippen LogP contribution in [0.2, 0.25) is 0 Å². The van der Waals surface area contributed by atoms with Gasteiger partial charge in [-0.05, 0) is 23.6 Å². The molecule has 0 spiro atoms. The predicted molar refractivity (Wildman–Crippen MR) is 98.1 cm³/mol. The van der Waals surface area contributed by atoms with Crippen LogP contribution in [0.1, 0.15) is 21.9 Å². The lowest BCUT2D eigenvalue weighted by molar-refractivity contribution is -0.116. The normalized spacial score (nSPS) is 10.6. The van der Waals surface area contributed by atoms with Crippen LogP contribution in [0.25, 0.3) is 0 Å². The molecule has 0 unspecified atom stereocenters. The van der Waals surface area contributed by atoms with E-state index in [4.69, 9.17) is 4.42 Å². The Morgan fingerprint density at radius 3 is 2.92 bits per heavy atom. The number of nitrogens with zero attached hydrogens (tertiary/aromatic N) is 2. The summed E-state index contributed by atoms with van der Waals surface area (Å²) in [5.41, 5.74) is 0. The van der Waals surface area contributed by atoms with E-state index < -0.39 is 0 Å². The third-order valence-corrected chi connectivity index (χ3v) is 6.03. The highest BCUT2D eigenvalue weighted by molar-refractivity contribution is 8.00. The zero-order chi connectivity index (χ0) is 17.5. The summed E-state index contributed by atoms with van der Waals surface area (Å²) in [7, 11) is 0. The van der Waals surface area contributed by atoms with Crippen LogP contribution in [0.15, 0.2) is 44.7 Å². The van der Waals surface area contributed by atoms with Crippen LogP contribution in [0.5, 0.6) is 0 Å². The number of thiophene rings is 1. The van der Waals surface area contributed by atoms with Crippen LogP contribution in [-0.4, -0.2) is 28.6 Å². The Balaban J connectivity index is 1.38. The molecule has 3 aromatic rings. The van der Waals surface area contributed by atoms with Gasteiger partial charge in [0.25, 0.3) is 5.91 Å². The van der Waals surface area contributed by atoms with Gasteiger partial charge in [-0.25, -0.2) is 0 Å². The van der Waals surface area contributed by atoms with Crippen molar-refractivity contribution in [3.05, 3.63) is 46.5 Å². The number of anilines is 1. The van der Waals surface area contributed by atoms with E-state index in [0.29, 0.717) is 5.13 Å². The van der Waals surface area contributed by atoms with Crippen LogP contribution in [0, 0.1) is 0 Å². The lowest BCUT2D eigenvalue weighted by Gasteiger charge is -2.03. The molecule has 0 aliphatic carbocycles. The molecule has 25 heavy (non-hydrogen) atoms. The van der Waals surface area contributed by atoms with Crippen LogP contribution in [0.3, 0.4) is 0 Å². The molecule has 2 N–H and O–H groups in total. The van der Waals surface area contributed by atoms with Crippen molar-refractivity contribution >= 4 is 51.4 Å². The van der Waals surface area contributed by atoms with E-state index in [2.05, 4.69) is 26.9 Å². The molecule has 0 fully saturated rings. The van der Waals surface area contributed by atoms with Crippen LogP contribution in [-0.2, 0) is 10.5 Å². The molecule has 3 aromatic heterocycles. The van der Waals surface area contributed by atoms with Crippen molar-refractivity contribution in [3.63, 3.8) is 0 Å². The Morgan fingerprint density at radius 1 is 1.24 bits per heavy atom. The van der Waals surface area contributed by atoms with Gasteiger partial charge in [0.1, 0.15) is 0 Å². The molecule has 3 rings (SSSR count). The molecule has 3 heterocycles. The molecule has 10 heteroatoms. The Hall–Kier alpha value is -2.17. The second kappa shape index (κ2) is 8.79. The number of rotatable bonds is 8. The number of carbonyl (C=O) groups excluding carboxylic acids is 2. The maximum atomic E-state index is 11.9.